The van der Waals surface area contributed by atoms with Crippen molar-refractivity contribution in [1.29, 1.82) is 0 Å². The molecule has 0 spiro atoms. The van der Waals surface area contributed by atoms with Gasteiger partial charge in [0, 0.05) is 21.4 Å². The normalized spacial score (nSPS) is 10.3. The summed E-state index contributed by atoms with van der Waals surface area (Å²) in [5.74, 6) is -0.0548. The molecular weight excluding hydrogens is 294 g/mol. The minimum absolute atomic E-state index is 0.0548. The smallest absolute Gasteiger partial charge is 0.317 e. The Morgan fingerprint density at radius 1 is 1.07 bits per heavy atom. The third-order valence-electron chi connectivity index (χ3n) is 0.938. The lowest BCUT2D eigenvalue weighted by Gasteiger charge is -1.95. The fourth-order valence-corrected chi connectivity index (χ4v) is 0.886. The van der Waals surface area contributed by atoms with Gasteiger partial charge in [-0.1, -0.05) is 29.3 Å². The van der Waals surface area contributed by atoms with Gasteiger partial charge < -0.3 is 5.11 Å². The van der Waals surface area contributed by atoms with E-state index in [2.05, 4.69) is 21.4 Å². The highest BCUT2D eigenvalue weighted by Crippen LogP contribution is 2.30. The van der Waals surface area contributed by atoms with Crippen LogP contribution in [0.4, 0.5) is 0 Å². The highest BCUT2D eigenvalue weighted by atomic mass is 36.0. The standard InChI is InChI=1S/C6H4Cl2O.Cl2O2S/c7-4-2-1-3-5(8)6(4)9;1-5(2,3)4/h1-3,9H;. The summed E-state index contributed by atoms with van der Waals surface area (Å²) in [6.45, 7) is 0. The lowest BCUT2D eigenvalue weighted by Crippen LogP contribution is -1.67. The van der Waals surface area contributed by atoms with Crippen molar-refractivity contribution < 1.29 is 13.5 Å². The van der Waals surface area contributed by atoms with Gasteiger partial charge in [0.2, 0.25) is 0 Å². The number of phenolic OH excluding ortho intramolecular Hbond substituents is 1. The van der Waals surface area contributed by atoms with E-state index in [0.717, 1.165) is 0 Å². The Balaban J connectivity index is 0.000000292. The molecule has 0 aromatic heterocycles. The van der Waals surface area contributed by atoms with E-state index in [1.54, 1.807) is 18.2 Å². The Bertz CT molecular complexity index is 375. The first-order valence-corrected chi connectivity index (χ1v) is 6.88. The summed E-state index contributed by atoms with van der Waals surface area (Å²) in [6, 6.07) is 4.82. The molecule has 0 unspecified atom stereocenters. The van der Waals surface area contributed by atoms with Gasteiger partial charge in [-0.2, -0.15) is 8.42 Å². The molecule has 0 aliphatic rings. The van der Waals surface area contributed by atoms with E-state index in [0.29, 0.717) is 0 Å². The third kappa shape index (κ3) is 7.53. The molecule has 80 valence electrons. The zero-order valence-electron chi connectivity index (χ0n) is 6.42. The van der Waals surface area contributed by atoms with E-state index in [9.17, 15) is 0 Å². The number of benzene rings is 1. The van der Waals surface area contributed by atoms with Crippen molar-refractivity contribution in [3.8, 4) is 5.75 Å². The predicted octanol–water partition coefficient (Wildman–Crippen LogP) is 3.41. The molecule has 1 rings (SSSR count). The summed E-state index contributed by atoms with van der Waals surface area (Å²) in [6.07, 6.45) is 0. The van der Waals surface area contributed by atoms with Crippen molar-refractivity contribution in [3.63, 3.8) is 0 Å². The van der Waals surface area contributed by atoms with E-state index in [1.165, 1.54) is 0 Å². The van der Waals surface area contributed by atoms with Crippen LogP contribution in [0.15, 0.2) is 18.2 Å². The van der Waals surface area contributed by atoms with Gasteiger partial charge in [0.1, 0.15) is 0 Å². The second-order valence-electron chi connectivity index (χ2n) is 1.95. The zero-order chi connectivity index (χ0) is 11.4. The Morgan fingerprint density at radius 3 is 1.57 bits per heavy atom. The Hall–Kier alpha value is 0.130. The van der Waals surface area contributed by atoms with Gasteiger partial charge in [-0.3, -0.25) is 0 Å². The second kappa shape index (κ2) is 5.88. The maximum atomic E-state index is 9.16. The summed E-state index contributed by atoms with van der Waals surface area (Å²) in [4.78, 5) is 0. The maximum Gasteiger partial charge on any atom is 0.317 e. The molecule has 8 heteroatoms. The highest BCUT2D eigenvalue weighted by molar-refractivity contribution is 8.31. The number of halogens is 4. The van der Waals surface area contributed by atoms with E-state index < -0.39 is 8.26 Å². The molecule has 0 saturated heterocycles. The molecule has 0 amide bonds. The van der Waals surface area contributed by atoms with Crippen molar-refractivity contribution in [2.75, 3.05) is 0 Å². The van der Waals surface area contributed by atoms with E-state index >= 15 is 0 Å². The largest absolute Gasteiger partial charge is 0.505 e. The van der Waals surface area contributed by atoms with Crippen LogP contribution in [0.25, 0.3) is 0 Å². The van der Waals surface area contributed by atoms with Gasteiger partial charge in [0.15, 0.2) is 5.75 Å². The number of hydrogen-bond acceptors (Lipinski definition) is 3. The molecule has 1 aromatic carbocycles. The first-order valence-electron chi connectivity index (χ1n) is 2.99. The molecule has 0 aliphatic heterocycles. The number of para-hydroxylation sites is 1. The molecule has 14 heavy (non-hydrogen) atoms. The summed E-state index contributed by atoms with van der Waals surface area (Å²) in [5.41, 5.74) is 0. The van der Waals surface area contributed by atoms with Crippen LogP contribution in [0.5, 0.6) is 5.75 Å². The number of phenols is 1. The first kappa shape index (κ1) is 14.1. The lowest BCUT2D eigenvalue weighted by molar-refractivity contribution is 0.476. The summed E-state index contributed by atoms with van der Waals surface area (Å²) in [7, 11) is 4.81. The molecule has 0 radical (unpaired) electrons. The molecular formula is C6H4Cl4O3S. The highest BCUT2D eigenvalue weighted by Gasteiger charge is 1.99. The van der Waals surface area contributed by atoms with Crippen molar-refractivity contribution in [2.24, 2.45) is 0 Å². The fraction of sp³-hybridized carbons (Fsp3) is 0. The Labute approximate surface area is 100 Å². The van der Waals surface area contributed by atoms with Crippen LogP contribution in [0.2, 0.25) is 10.0 Å². The molecule has 0 heterocycles. The molecule has 0 bridgehead atoms. The lowest BCUT2D eigenvalue weighted by atomic mass is 10.3. The molecule has 1 N–H and O–H groups in total. The van der Waals surface area contributed by atoms with Gasteiger partial charge in [-0.25, -0.2) is 0 Å². The van der Waals surface area contributed by atoms with Crippen molar-refractivity contribution in [1.82, 2.24) is 0 Å². The maximum absolute atomic E-state index is 9.16. The second-order valence-corrected chi connectivity index (χ2v) is 6.43. The van der Waals surface area contributed by atoms with Crippen molar-refractivity contribution in [2.45, 2.75) is 0 Å². The van der Waals surface area contributed by atoms with Crippen LogP contribution in [-0.2, 0) is 8.26 Å². The monoisotopic (exact) mass is 296 g/mol. The average Bonchev–Trinajstić information content (AvgIpc) is 1.97. The number of hydrogen-bond donors (Lipinski definition) is 1. The average molecular weight is 298 g/mol. The van der Waals surface area contributed by atoms with Gasteiger partial charge >= 0.3 is 8.26 Å². The van der Waals surface area contributed by atoms with Crippen molar-refractivity contribution in [3.05, 3.63) is 28.2 Å². The van der Waals surface area contributed by atoms with Crippen molar-refractivity contribution >= 4 is 52.8 Å². The molecule has 1 aromatic rings. The van der Waals surface area contributed by atoms with E-state index in [-0.39, 0.29) is 15.8 Å². The van der Waals surface area contributed by atoms with Crippen LogP contribution in [0.3, 0.4) is 0 Å². The van der Waals surface area contributed by atoms with Gasteiger partial charge in [-0.05, 0) is 12.1 Å². The van der Waals surface area contributed by atoms with E-state index in [1.807, 2.05) is 0 Å². The van der Waals surface area contributed by atoms with Crippen LogP contribution in [-0.4, -0.2) is 13.5 Å². The van der Waals surface area contributed by atoms with E-state index in [4.69, 9.17) is 36.7 Å². The first-order chi connectivity index (χ1) is 6.22. The molecule has 3 nitrogen and oxygen atoms in total. The SMILES string of the molecule is O=S(=O)(Cl)Cl.Oc1c(Cl)cccc1Cl. The quantitative estimate of drug-likeness (QED) is 0.747. The van der Waals surface area contributed by atoms with Crippen LogP contribution in [0, 0.1) is 0 Å². The molecule has 0 saturated carbocycles. The topological polar surface area (TPSA) is 54.4 Å². The zero-order valence-corrected chi connectivity index (χ0v) is 10.3. The number of rotatable bonds is 0. The van der Waals surface area contributed by atoms with Gasteiger partial charge in [-0.15, -0.1) is 0 Å². The molecule has 0 aliphatic carbocycles. The minimum Gasteiger partial charge on any atom is -0.505 e. The molecule has 0 fully saturated rings. The van der Waals surface area contributed by atoms with Gasteiger partial charge in [0.05, 0.1) is 10.0 Å². The summed E-state index contributed by atoms with van der Waals surface area (Å²) in [5, 5.41) is 9.50. The number of aromatic hydroxyl groups is 1. The predicted molar refractivity (Wildman–Crippen MR) is 58.8 cm³/mol. The van der Waals surface area contributed by atoms with Gasteiger partial charge in [0.25, 0.3) is 0 Å². The molecule has 0 atom stereocenters. The summed E-state index contributed by atoms with van der Waals surface area (Å²) >= 11 is 11.0. The Kier molecular flexibility index (Phi) is 5.93. The third-order valence-corrected chi connectivity index (χ3v) is 1.55. The van der Waals surface area contributed by atoms with Crippen LogP contribution < -0.4 is 0 Å². The van der Waals surface area contributed by atoms with Crippen LogP contribution >= 0.6 is 44.6 Å². The minimum atomic E-state index is -3.72. The summed E-state index contributed by atoms with van der Waals surface area (Å²) < 4.78 is 18.3. The fourth-order valence-electron chi connectivity index (χ4n) is 0.489. The Morgan fingerprint density at radius 2 is 1.36 bits per heavy atom. The van der Waals surface area contributed by atoms with Crippen LogP contribution in [0.1, 0.15) is 0 Å².